The van der Waals surface area contributed by atoms with Crippen LogP contribution in [-0.2, 0) is 11.2 Å². The number of methoxy groups -OCH3 is 1. The summed E-state index contributed by atoms with van der Waals surface area (Å²) in [6.07, 6.45) is 0.718. The number of ether oxygens (including phenoxy) is 1. The van der Waals surface area contributed by atoms with E-state index in [4.69, 9.17) is 10.5 Å². The fraction of sp³-hybridized carbons (Fsp3) is 0.316. The van der Waals surface area contributed by atoms with Crippen LogP contribution >= 0.6 is 0 Å². The van der Waals surface area contributed by atoms with Gasteiger partial charge in [0, 0.05) is 11.6 Å². The number of rotatable bonds is 6. The van der Waals surface area contributed by atoms with Crippen LogP contribution in [0.15, 0.2) is 48.5 Å². The number of amides is 1. The smallest absolute Gasteiger partial charge is 0.228 e. The number of benzene rings is 2. The first-order valence-corrected chi connectivity index (χ1v) is 7.79. The van der Waals surface area contributed by atoms with E-state index in [9.17, 15) is 4.79 Å². The van der Waals surface area contributed by atoms with Crippen LogP contribution in [0.2, 0.25) is 0 Å². The van der Waals surface area contributed by atoms with Crippen molar-refractivity contribution in [1.82, 2.24) is 0 Å². The molecule has 0 heterocycles. The highest BCUT2D eigenvalue weighted by atomic mass is 16.5. The van der Waals surface area contributed by atoms with E-state index in [0.29, 0.717) is 17.1 Å². The van der Waals surface area contributed by atoms with E-state index in [-0.39, 0.29) is 17.7 Å². The molecule has 1 atom stereocenters. The summed E-state index contributed by atoms with van der Waals surface area (Å²) in [5.41, 5.74) is 8.25. The third-order valence-electron chi connectivity index (χ3n) is 3.94. The zero-order chi connectivity index (χ0) is 16.8. The number of nitrogens with two attached hydrogens (primary N) is 1. The molecule has 4 heteroatoms. The van der Waals surface area contributed by atoms with Crippen LogP contribution in [-0.4, -0.2) is 13.0 Å². The van der Waals surface area contributed by atoms with Crippen molar-refractivity contribution in [3.8, 4) is 5.75 Å². The molecule has 1 unspecified atom stereocenters. The fourth-order valence-electron chi connectivity index (χ4n) is 2.55. The standard InChI is InChI=1S/C19H24N2O2/c1-13(2)16(11-14-7-5-4-6-8-14)19(22)21-15-9-10-18(23-3)17(20)12-15/h4-10,12-13,16H,11,20H2,1-3H3,(H,21,22). The first kappa shape index (κ1) is 16.9. The minimum Gasteiger partial charge on any atom is -0.495 e. The van der Waals surface area contributed by atoms with Gasteiger partial charge in [0.25, 0.3) is 0 Å². The Bertz CT molecular complexity index is 654. The summed E-state index contributed by atoms with van der Waals surface area (Å²) in [6.45, 7) is 4.13. The van der Waals surface area contributed by atoms with Gasteiger partial charge in [-0.1, -0.05) is 44.2 Å². The van der Waals surface area contributed by atoms with E-state index in [2.05, 4.69) is 19.2 Å². The second kappa shape index (κ2) is 7.68. The Kier molecular flexibility index (Phi) is 5.63. The predicted octanol–water partition coefficient (Wildman–Crippen LogP) is 3.73. The monoisotopic (exact) mass is 312 g/mol. The molecule has 2 aromatic rings. The average molecular weight is 312 g/mol. The van der Waals surface area contributed by atoms with Gasteiger partial charge in [-0.25, -0.2) is 0 Å². The molecular weight excluding hydrogens is 288 g/mol. The van der Waals surface area contributed by atoms with Gasteiger partial charge in [-0.3, -0.25) is 4.79 Å². The zero-order valence-corrected chi connectivity index (χ0v) is 13.9. The Labute approximate surface area is 137 Å². The van der Waals surface area contributed by atoms with Crippen molar-refractivity contribution in [2.75, 3.05) is 18.2 Å². The lowest BCUT2D eigenvalue weighted by molar-refractivity contribution is -0.121. The average Bonchev–Trinajstić information content (AvgIpc) is 2.53. The van der Waals surface area contributed by atoms with Crippen molar-refractivity contribution in [3.05, 3.63) is 54.1 Å². The third-order valence-corrected chi connectivity index (χ3v) is 3.94. The molecule has 122 valence electrons. The topological polar surface area (TPSA) is 64.3 Å². The summed E-state index contributed by atoms with van der Waals surface area (Å²) in [5, 5.41) is 2.96. The summed E-state index contributed by atoms with van der Waals surface area (Å²) >= 11 is 0. The number of carbonyl (C=O) groups is 1. The molecule has 0 aliphatic carbocycles. The molecule has 0 aliphatic rings. The molecule has 2 rings (SSSR count). The minimum atomic E-state index is -0.0965. The summed E-state index contributed by atoms with van der Waals surface area (Å²) in [6, 6.07) is 15.3. The Morgan fingerprint density at radius 1 is 1.17 bits per heavy atom. The van der Waals surface area contributed by atoms with Crippen molar-refractivity contribution in [2.45, 2.75) is 20.3 Å². The molecule has 0 saturated carbocycles. The molecule has 0 fully saturated rings. The van der Waals surface area contributed by atoms with Crippen LogP contribution < -0.4 is 15.8 Å². The summed E-state index contributed by atoms with van der Waals surface area (Å²) < 4.78 is 5.13. The van der Waals surface area contributed by atoms with Crippen LogP contribution in [0, 0.1) is 11.8 Å². The van der Waals surface area contributed by atoms with E-state index in [1.54, 1.807) is 25.3 Å². The normalized spacial score (nSPS) is 12.0. The van der Waals surface area contributed by atoms with Gasteiger partial charge in [-0.05, 0) is 36.1 Å². The molecule has 0 aromatic heterocycles. The minimum absolute atomic E-state index is 0.00780. The molecular formula is C19H24N2O2. The van der Waals surface area contributed by atoms with Crippen LogP contribution in [0.5, 0.6) is 5.75 Å². The molecule has 0 spiro atoms. The van der Waals surface area contributed by atoms with E-state index in [0.717, 1.165) is 12.0 Å². The number of hydrogen-bond donors (Lipinski definition) is 2. The maximum absolute atomic E-state index is 12.6. The maximum Gasteiger partial charge on any atom is 0.228 e. The predicted molar refractivity (Wildman–Crippen MR) is 94.5 cm³/mol. The molecule has 0 radical (unpaired) electrons. The van der Waals surface area contributed by atoms with Gasteiger partial charge >= 0.3 is 0 Å². The first-order chi connectivity index (χ1) is 11.0. The van der Waals surface area contributed by atoms with Gasteiger partial charge in [0.05, 0.1) is 12.8 Å². The molecule has 0 bridgehead atoms. The Morgan fingerprint density at radius 2 is 1.87 bits per heavy atom. The number of anilines is 2. The van der Waals surface area contributed by atoms with Gasteiger partial charge < -0.3 is 15.8 Å². The van der Waals surface area contributed by atoms with Gasteiger partial charge in [-0.15, -0.1) is 0 Å². The fourth-order valence-corrected chi connectivity index (χ4v) is 2.55. The zero-order valence-electron chi connectivity index (χ0n) is 13.9. The van der Waals surface area contributed by atoms with E-state index in [1.165, 1.54) is 0 Å². The van der Waals surface area contributed by atoms with Crippen molar-refractivity contribution in [3.63, 3.8) is 0 Å². The van der Waals surface area contributed by atoms with Crippen molar-refractivity contribution >= 4 is 17.3 Å². The Morgan fingerprint density at radius 3 is 2.43 bits per heavy atom. The molecule has 23 heavy (non-hydrogen) atoms. The van der Waals surface area contributed by atoms with Gasteiger partial charge in [0.1, 0.15) is 5.75 Å². The summed E-state index contributed by atoms with van der Waals surface area (Å²) in [4.78, 5) is 12.6. The first-order valence-electron chi connectivity index (χ1n) is 7.79. The van der Waals surface area contributed by atoms with Crippen molar-refractivity contribution in [1.29, 1.82) is 0 Å². The highest BCUT2D eigenvalue weighted by Crippen LogP contribution is 2.26. The SMILES string of the molecule is COc1ccc(NC(=O)C(Cc2ccccc2)C(C)C)cc1N. The largest absolute Gasteiger partial charge is 0.495 e. The van der Waals surface area contributed by atoms with Gasteiger partial charge in [-0.2, -0.15) is 0 Å². The van der Waals surface area contributed by atoms with Gasteiger partial charge in [0.2, 0.25) is 5.91 Å². The number of nitrogen functional groups attached to an aromatic ring is 1. The van der Waals surface area contributed by atoms with Crippen LogP contribution in [0.4, 0.5) is 11.4 Å². The maximum atomic E-state index is 12.6. The highest BCUT2D eigenvalue weighted by molar-refractivity contribution is 5.93. The van der Waals surface area contributed by atoms with Crippen LogP contribution in [0.1, 0.15) is 19.4 Å². The number of carbonyl (C=O) groups excluding carboxylic acids is 1. The van der Waals surface area contributed by atoms with Crippen LogP contribution in [0.25, 0.3) is 0 Å². The number of nitrogens with one attached hydrogen (secondary N) is 1. The number of hydrogen-bond acceptors (Lipinski definition) is 3. The van der Waals surface area contributed by atoms with E-state index >= 15 is 0 Å². The second-order valence-electron chi connectivity index (χ2n) is 5.99. The Hall–Kier alpha value is -2.49. The molecule has 0 saturated heterocycles. The van der Waals surface area contributed by atoms with Gasteiger partial charge in [0.15, 0.2) is 0 Å². The summed E-state index contributed by atoms with van der Waals surface area (Å²) in [7, 11) is 1.57. The lowest BCUT2D eigenvalue weighted by Gasteiger charge is -2.20. The lowest BCUT2D eigenvalue weighted by atomic mass is 9.88. The van der Waals surface area contributed by atoms with Crippen molar-refractivity contribution < 1.29 is 9.53 Å². The Balaban J connectivity index is 2.11. The van der Waals surface area contributed by atoms with E-state index < -0.39 is 0 Å². The third kappa shape index (κ3) is 4.49. The lowest BCUT2D eigenvalue weighted by Crippen LogP contribution is -2.28. The van der Waals surface area contributed by atoms with Crippen LogP contribution in [0.3, 0.4) is 0 Å². The highest BCUT2D eigenvalue weighted by Gasteiger charge is 2.22. The molecule has 0 aliphatic heterocycles. The molecule has 2 aromatic carbocycles. The molecule has 1 amide bonds. The molecule has 4 nitrogen and oxygen atoms in total. The quantitative estimate of drug-likeness (QED) is 0.799. The van der Waals surface area contributed by atoms with Crippen molar-refractivity contribution in [2.24, 2.45) is 11.8 Å². The second-order valence-corrected chi connectivity index (χ2v) is 5.99. The molecule has 3 N–H and O–H groups in total. The summed E-state index contributed by atoms with van der Waals surface area (Å²) in [5.74, 6) is 0.757. The van der Waals surface area contributed by atoms with E-state index in [1.807, 2.05) is 30.3 Å².